The highest BCUT2D eigenvalue weighted by Gasteiger charge is 2.28. The van der Waals surface area contributed by atoms with Crippen molar-refractivity contribution in [3.63, 3.8) is 0 Å². The first-order valence-corrected chi connectivity index (χ1v) is 10.8. The van der Waals surface area contributed by atoms with Crippen LogP contribution < -0.4 is 15.1 Å². The summed E-state index contributed by atoms with van der Waals surface area (Å²) in [5, 5.41) is 3.17. The van der Waals surface area contributed by atoms with E-state index in [0.29, 0.717) is 12.4 Å². The smallest absolute Gasteiger partial charge is 0.224 e. The average Bonchev–Trinajstić information content (AvgIpc) is 3.01. The van der Waals surface area contributed by atoms with Gasteiger partial charge in [-0.3, -0.25) is 0 Å². The van der Waals surface area contributed by atoms with Gasteiger partial charge in [0.25, 0.3) is 0 Å². The number of nitrogens with zero attached hydrogens (tertiary/aromatic N) is 4. The minimum atomic E-state index is -2.91. The molecule has 0 amide bonds. The van der Waals surface area contributed by atoms with Crippen LogP contribution in [0.15, 0.2) is 42.6 Å². The molecule has 26 heavy (non-hydrogen) atoms. The Morgan fingerprint density at radius 3 is 2.42 bits per heavy atom. The van der Waals surface area contributed by atoms with E-state index in [1.165, 1.54) is 5.69 Å². The second-order valence-electron chi connectivity index (χ2n) is 6.79. The van der Waals surface area contributed by atoms with Crippen molar-refractivity contribution in [1.29, 1.82) is 0 Å². The first kappa shape index (κ1) is 17.1. The maximum atomic E-state index is 11.6. The number of sulfone groups is 1. The first-order valence-electron chi connectivity index (χ1n) is 8.94. The van der Waals surface area contributed by atoms with Gasteiger partial charge >= 0.3 is 0 Å². The minimum Gasteiger partial charge on any atom is -0.368 e. The van der Waals surface area contributed by atoms with Gasteiger partial charge in [-0.25, -0.2) is 13.4 Å². The number of hydrogen-bond donors (Lipinski definition) is 1. The second kappa shape index (κ2) is 7.11. The van der Waals surface area contributed by atoms with E-state index in [-0.39, 0.29) is 17.5 Å². The zero-order valence-corrected chi connectivity index (χ0v) is 15.4. The van der Waals surface area contributed by atoms with Gasteiger partial charge in [0.1, 0.15) is 5.82 Å². The quantitative estimate of drug-likeness (QED) is 0.868. The summed E-state index contributed by atoms with van der Waals surface area (Å²) in [5.74, 6) is 1.80. The normalized spacial score (nSPS) is 22.4. The van der Waals surface area contributed by atoms with Crippen molar-refractivity contribution in [3.8, 4) is 0 Å². The predicted molar refractivity (Wildman–Crippen MR) is 104 cm³/mol. The number of nitrogens with one attached hydrogen (secondary N) is 1. The zero-order valence-electron chi connectivity index (χ0n) is 14.6. The highest BCUT2D eigenvalue weighted by Crippen LogP contribution is 2.20. The van der Waals surface area contributed by atoms with Crippen LogP contribution in [0.2, 0.25) is 0 Å². The molecule has 0 bridgehead atoms. The molecule has 1 N–H and O–H groups in total. The van der Waals surface area contributed by atoms with Crippen LogP contribution in [0, 0.1) is 0 Å². The summed E-state index contributed by atoms with van der Waals surface area (Å²) in [6.45, 7) is 3.67. The molecule has 1 aromatic carbocycles. The molecule has 0 saturated carbocycles. The molecule has 1 aromatic heterocycles. The molecule has 7 nitrogen and oxygen atoms in total. The number of rotatable bonds is 4. The van der Waals surface area contributed by atoms with Gasteiger partial charge in [-0.15, -0.1) is 0 Å². The van der Waals surface area contributed by atoms with Gasteiger partial charge in [0, 0.05) is 44.1 Å². The fourth-order valence-electron chi connectivity index (χ4n) is 3.52. The summed E-state index contributed by atoms with van der Waals surface area (Å²) < 4.78 is 23.2. The standard InChI is InChI=1S/C18H23N5O2S/c24-26(25)13-7-15(14-26)20-18-19-8-6-17(21-18)23-11-9-22(10-12-23)16-4-2-1-3-5-16/h1-6,8,15H,7,9-14H2,(H,19,20,21). The molecule has 3 heterocycles. The van der Waals surface area contributed by atoms with Crippen molar-refractivity contribution < 1.29 is 8.42 Å². The third kappa shape index (κ3) is 3.90. The number of hydrogen-bond acceptors (Lipinski definition) is 7. The molecule has 2 aliphatic rings. The van der Waals surface area contributed by atoms with E-state index in [1.807, 2.05) is 12.1 Å². The van der Waals surface area contributed by atoms with Gasteiger partial charge in [0.05, 0.1) is 11.5 Å². The molecule has 4 rings (SSSR count). The predicted octanol–water partition coefficient (Wildman–Crippen LogP) is 1.40. The lowest BCUT2D eigenvalue weighted by Crippen LogP contribution is -2.46. The van der Waals surface area contributed by atoms with Crippen molar-refractivity contribution >= 4 is 27.3 Å². The maximum Gasteiger partial charge on any atom is 0.224 e. The molecule has 2 saturated heterocycles. The number of piperazine rings is 1. The maximum absolute atomic E-state index is 11.6. The molecule has 0 aliphatic carbocycles. The van der Waals surface area contributed by atoms with Crippen LogP contribution >= 0.6 is 0 Å². The molecular formula is C18H23N5O2S. The second-order valence-corrected chi connectivity index (χ2v) is 9.02. The van der Waals surface area contributed by atoms with Crippen LogP contribution in [-0.4, -0.2) is 62.1 Å². The van der Waals surface area contributed by atoms with E-state index < -0.39 is 9.84 Å². The molecule has 1 unspecified atom stereocenters. The first-order chi connectivity index (χ1) is 12.6. The molecule has 2 aromatic rings. The van der Waals surface area contributed by atoms with Crippen LogP contribution in [0.5, 0.6) is 0 Å². The van der Waals surface area contributed by atoms with Gasteiger partial charge in [0.15, 0.2) is 9.84 Å². The van der Waals surface area contributed by atoms with E-state index in [2.05, 4.69) is 49.4 Å². The summed E-state index contributed by atoms with van der Waals surface area (Å²) in [7, 11) is -2.91. The third-order valence-corrected chi connectivity index (χ3v) is 6.70. The van der Waals surface area contributed by atoms with Gasteiger partial charge in [0.2, 0.25) is 5.95 Å². The fourth-order valence-corrected chi connectivity index (χ4v) is 5.19. The Morgan fingerprint density at radius 1 is 1.00 bits per heavy atom. The van der Waals surface area contributed by atoms with Gasteiger partial charge in [-0.2, -0.15) is 4.98 Å². The molecule has 8 heteroatoms. The Morgan fingerprint density at radius 2 is 1.73 bits per heavy atom. The van der Waals surface area contributed by atoms with Gasteiger partial charge < -0.3 is 15.1 Å². The Balaban J connectivity index is 1.38. The Kier molecular flexibility index (Phi) is 4.67. The lowest BCUT2D eigenvalue weighted by Gasteiger charge is -2.36. The Bertz CT molecular complexity index is 851. The summed E-state index contributed by atoms with van der Waals surface area (Å²) in [5.41, 5.74) is 1.25. The largest absolute Gasteiger partial charge is 0.368 e. The van der Waals surface area contributed by atoms with Crippen LogP contribution in [0.25, 0.3) is 0 Å². The van der Waals surface area contributed by atoms with Crippen molar-refractivity contribution in [3.05, 3.63) is 42.6 Å². The Labute approximate surface area is 154 Å². The van der Waals surface area contributed by atoms with Crippen molar-refractivity contribution in [1.82, 2.24) is 9.97 Å². The molecule has 0 radical (unpaired) electrons. The summed E-state index contributed by atoms with van der Waals surface area (Å²) in [6.07, 6.45) is 2.35. The number of anilines is 3. The van der Waals surface area contributed by atoms with Crippen LogP contribution in [-0.2, 0) is 9.84 Å². The molecule has 138 valence electrons. The highest BCUT2D eigenvalue weighted by molar-refractivity contribution is 7.91. The van der Waals surface area contributed by atoms with Crippen molar-refractivity contribution in [2.24, 2.45) is 0 Å². The molecular weight excluding hydrogens is 350 g/mol. The van der Waals surface area contributed by atoms with Gasteiger partial charge in [-0.1, -0.05) is 18.2 Å². The topological polar surface area (TPSA) is 78.4 Å². The monoisotopic (exact) mass is 373 g/mol. The minimum absolute atomic E-state index is 0.0924. The molecule has 2 aliphatic heterocycles. The van der Waals surface area contributed by atoms with E-state index in [4.69, 9.17) is 0 Å². The lowest BCUT2D eigenvalue weighted by molar-refractivity contribution is 0.602. The van der Waals surface area contributed by atoms with E-state index in [1.54, 1.807) is 6.20 Å². The van der Waals surface area contributed by atoms with Crippen LogP contribution in [0.4, 0.5) is 17.5 Å². The molecule has 1 atom stereocenters. The summed E-state index contributed by atoms with van der Waals surface area (Å²) in [6, 6.07) is 12.3. The average molecular weight is 373 g/mol. The number of aromatic nitrogens is 2. The van der Waals surface area contributed by atoms with E-state index in [0.717, 1.165) is 32.0 Å². The molecule has 0 spiro atoms. The van der Waals surface area contributed by atoms with E-state index in [9.17, 15) is 8.42 Å². The van der Waals surface area contributed by atoms with Gasteiger partial charge in [-0.05, 0) is 24.6 Å². The SMILES string of the molecule is O=S1(=O)CCC(Nc2nccc(N3CCN(c4ccccc4)CC3)n2)C1. The fraction of sp³-hybridized carbons (Fsp3) is 0.444. The van der Waals surface area contributed by atoms with Crippen LogP contribution in [0.3, 0.4) is 0 Å². The number of benzene rings is 1. The zero-order chi connectivity index (χ0) is 18.0. The Hall–Kier alpha value is -2.35. The van der Waals surface area contributed by atoms with E-state index >= 15 is 0 Å². The van der Waals surface area contributed by atoms with Crippen molar-refractivity contribution in [2.45, 2.75) is 12.5 Å². The molecule has 2 fully saturated rings. The highest BCUT2D eigenvalue weighted by atomic mass is 32.2. The summed E-state index contributed by atoms with van der Waals surface area (Å²) >= 11 is 0. The third-order valence-electron chi connectivity index (χ3n) is 4.93. The number of para-hydroxylation sites is 1. The van der Waals surface area contributed by atoms with Crippen LogP contribution in [0.1, 0.15) is 6.42 Å². The summed E-state index contributed by atoms with van der Waals surface area (Å²) in [4.78, 5) is 13.5. The lowest BCUT2D eigenvalue weighted by atomic mass is 10.2. The van der Waals surface area contributed by atoms with Crippen molar-refractivity contribution in [2.75, 3.05) is 52.8 Å².